The van der Waals surface area contributed by atoms with E-state index in [4.69, 9.17) is 23.2 Å². The SMILES string of the molecule is CC[C@@H](C(=O)NC(C)C)N(Cc1ccc(C)cc1)C(=O)CN(c1cc(Cl)cc(Cl)c1)S(C)(=O)=O. The summed E-state index contributed by atoms with van der Waals surface area (Å²) in [4.78, 5) is 27.9. The van der Waals surface area contributed by atoms with Gasteiger partial charge in [-0.25, -0.2) is 8.42 Å². The molecule has 0 aromatic heterocycles. The molecule has 7 nitrogen and oxygen atoms in total. The van der Waals surface area contributed by atoms with Crippen molar-refractivity contribution < 1.29 is 18.0 Å². The number of sulfonamides is 1. The Balaban J connectivity index is 2.46. The highest BCUT2D eigenvalue weighted by atomic mass is 35.5. The van der Waals surface area contributed by atoms with E-state index in [0.29, 0.717) is 6.42 Å². The lowest BCUT2D eigenvalue weighted by molar-refractivity contribution is -0.140. The lowest BCUT2D eigenvalue weighted by atomic mass is 10.1. The summed E-state index contributed by atoms with van der Waals surface area (Å²) in [7, 11) is -3.86. The van der Waals surface area contributed by atoms with Gasteiger partial charge in [0.25, 0.3) is 0 Å². The minimum Gasteiger partial charge on any atom is -0.352 e. The Bertz CT molecular complexity index is 1100. The van der Waals surface area contributed by atoms with Gasteiger partial charge < -0.3 is 10.2 Å². The van der Waals surface area contributed by atoms with E-state index >= 15 is 0 Å². The topological polar surface area (TPSA) is 86.8 Å². The number of nitrogens with zero attached hydrogens (tertiary/aromatic N) is 2. The zero-order chi connectivity index (χ0) is 25.6. The fourth-order valence-corrected chi connectivity index (χ4v) is 4.84. The van der Waals surface area contributed by atoms with Crippen LogP contribution < -0.4 is 9.62 Å². The normalized spacial score (nSPS) is 12.4. The third-order valence-corrected chi connectivity index (χ3v) is 6.68. The highest BCUT2D eigenvalue weighted by Gasteiger charge is 2.32. The highest BCUT2D eigenvalue weighted by Crippen LogP contribution is 2.27. The molecule has 0 spiro atoms. The number of nitrogens with one attached hydrogen (secondary N) is 1. The average molecular weight is 529 g/mol. The minimum absolute atomic E-state index is 0.112. The summed E-state index contributed by atoms with van der Waals surface area (Å²) in [5.41, 5.74) is 2.06. The van der Waals surface area contributed by atoms with Crippen molar-refractivity contribution in [2.24, 2.45) is 0 Å². The number of benzene rings is 2. The van der Waals surface area contributed by atoms with Crippen LogP contribution in [-0.4, -0.2) is 50.0 Å². The minimum atomic E-state index is -3.86. The van der Waals surface area contributed by atoms with E-state index in [9.17, 15) is 18.0 Å². The second kappa shape index (κ2) is 11.9. The largest absolute Gasteiger partial charge is 0.352 e. The lowest BCUT2D eigenvalue weighted by Gasteiger charge is -2.33. The first-order chi connectivity index (χ1) is 15.8. The van der Waals surface area contributed by atoms with Gasteiger partial charge in [0.1, 0.15) is 12.6 Å². The molecule has 1 N–H and O–H groups in total. The molecule has 0 aliphatic heterocycles. The van der Waals surface area contributed by atoms with E-state index in [1.807, 2.05) is 52.0 Å². The van der Waals surface area contributed by atoms with Crippen LogP contribution in [0.3, 0.4) is 0 Å². The molecule has 2 amide bonds. The summed E-state index contributed by atoms with van der Waals surface area (Å²) < 4.78 is 26.2. The number of carbonyl (C=O) groups excluding carboxylic acids is 2. The van der Waals surface area contributed by atoms with Crippen LogP contribution >= 0.6 is 23.2 Å². The van der Waals surface area contributed by atoms with Gasteiger partial charge in [-0.2, -0.15) is 0 Å². The number of hydrogen-bond donors (Lipinski definition) is 1. The molecule has 0 heterocycles. The zero-order valence-corrected chi connectivity index (χ0v) is 22.3. The van der Waals surface area contributed by atoms with Crippen LogP contribution in [0, 0.1) is 6.92 Å². The van der Waals surface area contributed by atoms with Crippen LogP contribution in [0.25, 0.3) is 0 Å². The van der Waals surface area contributed by atoms with Gasteiger partial charge in [-0.05, 0) is 51.0 Å². The molecule has 0 saturated carbocycles. The molecule has 2 rings (SSSR count). The molecule has 0 fully saturated rings. The maximum Gasteiger partial charge on any atom is 0.244 e. The summed E-state index contributed by atoms with van der Waals surface area (Å²) in [6.45, 7) is 7.09. The molecule has 0 radical (unpaired) electrons. The van der Waals surface area contributed by atoms with Crippen LogP contribution in [0.2, 0.25) is 10.0 Å². The number of halogens is 2. The molecule has 34 heavy (non-hydrogen) atoms. The Morgan fingerprint density at radius 2 is 1.59 bits per heavy atom. The van der Waals surface area contributed by atoms with Crippen molar-refractivity contribution in [3.05, 3.63) is 63.6 Å². The van der Waals surface area contributed by atoms with E-state index in [1.54, 1.807) is 0 Å². The molecule has 0 aliphatic carbocycles. The fraction of sp³-hybridized carbons (Fsp3) is 0.417. The maximum absolute atomic E-state index is 13.6. The Labute approximate surface area is 212 Å². The lowest BCUT2D eigenvalue weighted by Crippen LogP contribution is -2.53. The van der Waals surface area contributed by atoms with Crippen molar-refractivity contribution in [1.82, 2.24) is 10.2 Å². The Morgan fingerprint density at radius 3 is 2.06 bits per heavy atom. The molecule has 0 unspecified atom stereocenters. The third kappa shape index (κ3) is 7.89. The number of carbonyl (C=O) groups is 2. The second-order valence-electron chi connectivity index (χ2n) is 8.49. The monoisotopic (exact) mass is 527 g/mol. The van der Waals surface area contributed by atoms with E-state index in [-0.39, 0.29) is 34.2 Å². The van der Waals surface area contributed by atoms with Gasteiger partial charge in [0.2, 0.25) is 21.8 Å². The van der Waals surface area contributed by atoms with Crippen LogP contribution in [0.4, 0.5) is 5.69 Å². The van der Waals surface area contributed by atoms with E-state index in [0.717, 1.165) is 21.7 Å². The molecule has 10 heteroatoms. The Hall–Kier alpha value is -2.29. The summed E-state index contributed by atoms with van der Waals surface area (Å²) >= 11 is 12.1. The first kappa shape index (κ1) is 28.0. The quantitative estimate of drug-likeness (QED) is 0.495. The van der Waals surface area contributed by atoms with Crippen molar-refractivity contribution in [2.75, 3.05) is 17.1 Å². The summed E-state index contributed by atoms with van der Waals surface area (Å²) in [5, 5.41) is 3.33. The van der Waals surface area contributed by atoms with Gasteiger partial charge in [0, 0.05) is 22.6 Å². The van der Waals surface area contributed by atoms with Gasteiger partial charge in [-0.15, -0.1) is 0 Å². The molecule has 0 bridgehead atoms. The number of anilines is 1. The Morgan fingerprint density at radius 1 is 1.03 bits per heavy atom. The number of amides is 2. The molecular formula is C24H31Cl2N3O4S. The summed E-state index contributed by atoms with van der Waals surface area (Å²) in [5.74, 6) is -0.817. The van der Waals surface area contributed by atoms with Crippen LogP contribution in [-0.2, 0) is 26.2 Å². The van der Waals surface area contributed by atoms with Crippen LogP contribution in [0.1, 0.15) is 38.3 Å². The Kier molecular flexibility index (Phi) is 9.79. The van der Waals surface area contributed by atoms with E-state index < -0.39 is 28.5 Å². The van der Waals surface area contributed by atoms with Gasteiger partial charge in [-0.3, -0.25) is 13.9 Å². The molecule has 1 atom stereocenters. The van der Waals surface area contributed by atoms with Crippen LogP contribution in [0.5, 0.6) is 0 Å². The van der Waals surface area contributed by atoms with Gasteiger partial charge >= 0.3 is 0 Å². The molecule has 2 aromatic rings. The predicted octanol–water partition coefficient (Wildman–Crippen LogP) is 4.40. The first-order valence-electron chi connectivity index (χ1n) is 10.9. The fourth-order valence-electron chi connectivity index (χ4n) is 3.49. The summed E-state index contributed by atoms with van der Waals surface area (Å²) in [6, 6.07) is 11.0. The average Bonchev–Trinajstić information content (AvgIpc) is 2.71. The standard InChI is InChI=1S/C24H31Cl2N3O4S/c1-6-22(24(31)27-16(2)3)28(14-18-9-7-17(4)8-10-18)23(30)15-29(34(5,32)33)21-12-19(25)11-20(26)13-21/h7-13,16,22H,6,14-15H2,1-5H3,(H,27,31)/t22-/m0/s1. The van der Waals surface area contributed by atoms with Crippen molar-refractivity contribution in [2.45, 2.75) is 52.7 Å². The van der Waals surface area contributed by atoms with Crippen molar-refractivity contribution >= 4 is 50.7 Å². The van der Waals surface area contributed by atoms with Crippen molar-refractivity contribution in [3.63, 3.8) is 0 Å². The molecular weight excluding hydrogens is 497 g/mol. The van der Waals surface area contributed by atoms with Gasteiger partial charge in [-0.1, -0.05) is 60.0 Å². The van der Waals surface area contributed by atoms with E-state index in [2.05, 4.69) is 5.32 Å². The molecule has 186 valence electrons. The smallest absolute Gasteiger partial charge is 0.244 e. The molecule has 2 aromatic carbocycles. The molecule has 0 aliphatic rings. The predicted molar refractivity (Wildman–Crippen MR) is 138 cm³/mol. The number of aryl methyl sites for hydroxylation is 1. The van der Waals surface area contributed by atoms with E-state index in [1.165, 1.54) is 23.1 Å². The number of rotatable bonds is 10. The third-order valence-electron chi connectivity index (χ3n) is 5.10. The van der Waals surface area contributed by atoms with Gasteiger partial charge in [0.05, 0.1) is 11.9 Å². The van der Waals surface area contributed by atoms with Crippen molar-refractivity contribution in [1.29, 1.82) is 0 Å². The second-order valence-corrected chi connectivity index (χ2v) is 11.3. The first-order valence-corrected chi connectivity index (χ1v) is 13.5. The van der Waals surface area contributed by atoms with Gasteiger partial charge in [0.15, 0.2) is 0 Å². The number of hydrogen-bond acceptors (Lipinski definition) is 4. The highest BCUT2D eigenvalue weighted by molar-refractivity contribution is 7.92. The summed E-state index contributed by atoms with van der Waals surface area (Å²) in [6.07, 6.45) is 1.36. The zero-order valence-electron chi connectivity index (χ0n) is 20.0. The molecule has 0 saturated heterocycles. The van der Waals surface area contributed by atoms with Crippen molar-refractivity contribution in [3.8, 4) is 0 Å². The van der Waals surface area contributed by atoms with Crippen LogP contribution in [0.15, 0.2) is 42.5 Å². The maximum atomic E-state index is 13.6.